The van der Waals surface area contributed by atoms with E-state index >= 15 is 0 Å². The van der Waals surface area contributed by atoms with Crippen molar-refractivity contribution in [2.75, 3.05) is 5.73 Å². The zero-order valence-electron chi connectivity index (χ0n) is 9.09. The van der Waals surface area contributed by atoms with Crippen LogP contribution in [0.1, 0.15) is 6.23 Å². The van der Waals surface area contributed by atoms with Gasteiger partial charge in [-0.1, -0.05) is 0 Å². The van der Waals surface area contributed by atoms with Crippen molar-refractivity contribution >= 4 is 17.0 Å². The van der Waals surface area contributed by atoms with Crippen molar-refractivity contribution in [3.05, 3.63) is 12.7 Å². The molecule has 1 spiro atoms. The topological polar surface area (TPSA) is 112 Å². The second-order valence-electron chi connectivity index (χ2n) is 4.87. The Morgan fingerprint density at radius 3 is 2.94 bits per heavy atom. The first-order valence-corrected chi connectivity index (χ1v) is 5.68. The maximum atomic E-state index is 9.60. The van der Waals surface area contributed by atoms with Gasteiger partial charge in [0, 0.05) is 0 Å². The summed E-state index contributed by atoms with van der Waals surface area (Å²) in [5.74, 6) is 0.341. The predicted molar refractivity (Wildman–Crippen MR) is 57.3 cm³/mol. The molecule has 0 amide bonds. The van der Waals surface area contributed by atoms with Crippen molar-refractivity contribution in [1.29, 1.82) is 0 Å². The maximum absolute atomic E-state index is 9.60. The Balaban J connectivity index is 1.63. The minimum Gasteiger partial charge on any atom is -0.387 e. The lowest BCUT2D eigenvalue weighted by Gasteiger charge is -2.15. The molecule has 8 heteroatoms. The molecule has 2 aromatic heterocycles. The molecule has 5 rings (SSSR count). The highest BCUT2D eigenvalue weighted by Gasteiger charge is 2.89. The van der Waals surface area contributed by atoms with Gasteiger partial charge in [0.2, 0.25) is 0 Å². The minimum absolute atomic E-state index is 0.119. The third-order valence-electron chi connectivity index (χ3n) is 4.01. The Kier molecular flexibility index (Phi) is 1.27. The molecule has 8 nitrogen and oxygen atoms in total. The van der Waals surface area contributed by atoms with Crippen LogP contribution in [0.25, 0.3) is 11.2 Å². The lowest BCUT2D eigenvalue weighted by atomic mass is 10.3. The average molecular weight is 247 g/mol. The fourth-order valence-electron chi connectivity index (χ4n) is 2.94. The van der Waals surface area contributed by atoms with Crippen molar-refractivity contribution in [2.45, 2.75) is 30.1 Å². The van der Waals surface area contributed by atoms with Crippen LogP contribution in [-0.4, -0.2) is 48.5 Å². The first kappa shape index (κ1) is 9.20. The molecular weight excluding hydrogens is 238 g/mol. The molecule has 2 saturated heterocycles. The van der Waals surface area contributed by atoms with E-state index in [-0.39, 0.29) is 18.4 Å². The summed E-state index contributed by atoms with van der Waals surface area (Å²) in [6.07, 6.45) is 1.89. The normalized spacial score (nSPS) is 43.8. The highest BCUT2D eigenvalue weighted by Crippen LogP contribution is 2.68. The van der Waals surface area contributed by atoms with Crippen LogP contribution in [-0.2, 0) is 9.47 Å². The van der Waals surface area contributed by atoms with Gasteiger partial charge in [0.05, 0.1) is 6.33 Å². The van der Waals surface area contributed by atoms with Gasteiger partial charge in [-0.3, -0.25) is 4.57 Å². The summed E-state index contributed by atoms with van der Waals surface area (Å²) in [7, 11) is 0. The van der Waals surface area contributed by atoms with Gasteiger partial charge < -0.3 is 20.3 Å². The molecule has 4 heterocycles. The Bertz CT molecular complexity index is 687. The van der Waals surface area contributed by atoms with Gasteiger partial charge >= 0.3 is 0 Å². The van der Waals surface area contributed by atoms with E-state index in [1.54, 1.807) is 10.9 Å². The number of epoxide rings is 1. The predicted octanol–water partition coefficient (Wildman–Crippen LogP) is -1.18. The summed E-state index contributed by atoms with van der Waals surface area (Å²) in [4.78, 5) is 12.2. The molecule has 2 aromatic rings. The second-order valence-corrected chi connectivity index (χ2v) is 4.87. The Morgan fingerprint density at radius 2 is 2.22 bits per heavy atom. The molecule has 18 heavy (non-hydrogen) atoms. The number of fused-ring (bicyclic) bond motifs is 1. The monoisotopic (exact) mass is 247 g/mol. The molecule has 0 bridgehead atoms. The largest absolute Gasteiger partial charge is 0.387 e. The fraction of sp³-hybridized carbons (Fsp3) is 0.500. The number of rotatable bonds is 1. The molecule has 0 radical (unpaired) electrons. The number of imidazole rings is 1. The highest BCUT2D eigenvalue weighted by atomic mass is 16.7. The SMILES string of the molecule is Nc1ncnc2c1ncn2[C@@H]1O[C@@H]2C(O)[C@]23O[C@H]13. The molecule has 5 atom stereocenters. The third-order valence-corrected chi connectivity index (χ3v) is 4.01. The number of hydrogen-bond donors (Lipinski definition) is 2. The average Bonchev–Trinajstić information content (AvgIpc) is 3.08. The standard InChI is InChI=1S/C10H9N5O3/c11-7-3-8(13-1-12-7)15(2-14-3)9-6-10(18-6)4(16)5(10)17-9/h1-2,4-6,9,16H,(H2,11,12,13)/t4?,5-,6-,9-,10+/m1/s1. The highest BCUT2D eigenvalue weighted by molar-refractivity contribution is 5.81. The van der Waals surface area contributed by atoms with Gasteiger partial charge in [0.1, 0.15) is 30.2 Å². The van der Waals surface area contributed by atoms with E-state index in [1.165, 1.54) is 6.33 Å². The number of anilines is 1. The summed E-state index contributed by atoms with van der Waals surface area (Å²) in [6.45, 7) is 0. The van der Waals surface area contributed by atoms with Crippen LogP contribution in [0.3, 0.4) is 0 Å². The molecule has 1 unspecified atom stereocenters. The van der Waals surface area contributed by atoms with Crippen molar-refractivity contribution in [2.24, 2.45) is 0 Å². The number of aliphatic hydroxyl groups excluding tert-OH is 1. The number of nitrogens with two attached hydrogens (primary N) is 1. The van der Waals surface area contributed by atoms with Crippen LogP contribution >= 0.6 is 0 Å². The molecule has 92 valence electrons. The van der Waals surface area contributed by atoms with Gasteiger partial charge in [-0.2, -0.15) is 0 Å². The van der Waals surface area contributed by atoms with E-state index in [0.29, 0.717) is 17.0 Å². The van der Waals surface area contributed by atoms with E-state index < -0.39 is 11.7 Å². The quantitative estimate of drug-likeness (QED) is 0.610. The lowest BCUT2D eigenvalue weighted by molar-refractivity contribution is -0.0392. The van der Waals surface area contributed by atoms with Crippen LogP contribution in [0.2, 0.25) is 0 Å². The van der Waals surface area contributed by atoms with Gasteiger partial charge in [-0.15, -0.1) is 0 Å². The Hall–Kier alpha value is -1.77. The molecular formula is C10H9N5O3. The van der Waals surface area contributed by atoms with Crippen molar-refractivity contribution in [3.63, 3.8) is 0 Å². The van der Waals surface area contributed by atoms with Crippen LogP contribution in [0, 0.1) is 0 Å². The van der Waals surface area contributed by atoms with Gasteiger partial charge in [0.15, 0.2) is 23.3 Å². The smallest absolute Gasteiger partial charge is 0.167 e. The van der Waals surface area contributed by atoms with E-state index in [4.69, 9.17) is 15.2 Å². The van der Waals surface area contributed by atoms with Crippen LogP contribution in [0.5, 0.6) is 0 Å². The third kappa shape index (κ3) is 0.788. The van der Waals surface area contributed by atoms with Gasteiger partial charge in [-0.05, 0) is 0 Å². The number of hydrogen-bond acceptors (Lipinski definition) is 7. The number of aliphatic hydroxyl groups is 1. The van der Waals surface area contributed by atoms with Crippen molar-refractivity contribution in [3.8, 4) is 0 Å². The summed E-state index contributed by atoms with van der Waals surface area (Å²) < 4.78 is 13.1. The van der Waals surface area contributed by atoms with Crippen molar-refractivity contribution in [1.82, 2.24) is 19.5 Å². The second kappa shape index (κ2) is 2.48. The number of nitrogen functional groups attached to an aromatic ring is 1. The van der Waals surface area contributed by atoms with Gasteiger partial charge in [0.25, 0.3) is 0 Å². The molecule has 3 fully saturated rings. The van der Waals surface area contributed by atoms with Gasteiger partial charge in [-0.25, -0.2) is 15.0 Å². The molecule has 1 aliphatic carbocycles. The zero-order valence-corrected chi connectivity index (χ0v) is 9.09. The number of nitrogens with zero attached hydrogens (tertiary/aromatic N) is 4. The summed E-state index contributed by atoms with van der Waals surface area (Å²) in [6, 6.07) is 0. The summed E-state index contributed by atoms with van der Waals surface area (Å²) in [5, 5.41) is 9.60. The minimum atomic E-state index is -0.492. The first-order valence-electron chi connectivity index (χ1n) is 5.68. The molecule has 2 aliphatic heterocycles. The van der Waals surface area contributed by atoms with E-state index in [9.17, 15) is 5.11 Å². The fourth-order valence-corrected chi connectivity index (χ4v) is 2.94. The molecule has 1 saturated carbocycles. The van der Waals surface area contributed by atoms with Crippen LogP contribution < -0.4 is 5.73 Å². The van der Waals surface area contributed by atoms with E-state index in [2.05, 4.69) is 15.0 Å². The Morgan fingerprint density at radius 1 is 1.33 bits per heavy atom. The Labute approximate surface area is 100 Å². The van der Waals surface area contributed by atoms with Crippen LogP contribution in [0.15, 0.2) is 12.7 Å². The molecule has 0 aromatic carbocycles. The molecule has 3 N–H and O–H groups in total. The van der Waals surface area contributed by atoms with Crippen molar-refractivity contribution < 1.29 is 14.6 Å². The molecule has 3 aliphatic rings. The summed E-state index contributed by atoms with van der Waals surface area (Å²) >= 11 is 0. The maximum Gasteiger partial charge on any atom is 0.167 e. The zero-order chi connectivity index (χ0) is 12.1. The van der Waals surface area contributed by atoms with E-state index in [0.717, 1.165) is 0 Å². The number of ether oxygens (including phenoxy) is 2. The number of aromatic nitrogens is 4. The van der Waals surface area contributed by atoms with E-state index in [1.807, 2.05) is 0 Å². The lowest BCUT2D eigenvalue weighted by Crippen LogP contribution is -2.19. The first-order chi connectivity index (χ1) is 8.73. The van der Waals surface area contributed by atoms with Crippen LogP contribution in [0.4, 0.5) is 5.82 Å². The summed E-state index contributed by atoms with van der Waals surface area (Å²) in [5.41, 5.74) is 6.44.